The van der Waals surface area contributed by atoms with Gasteiger partial charge in [-0.05, 0) is 18.8 Å². The molecule has 0 saturated heterocycles. The number of carbonyl (C=O) groups is 2. The Labute approximate surface area is 111 Å². The summed E-state index contributed by atoms with van der Waals surface area (Å²) in [5.41, 5.74) is 0. The van der Waals surface area contributed by atoms with Gasteiger partial charge in [-0.25, -0.2) is 0 Å². The fourth-order valence-electron chi connectivity index (χ4n) is 1.72. The molecule has 0 unspecified atom stereocenters. The highest BCUT2D eigenvalue weighted by molar-refractivity contribution is 6.35. The number of hydrogen-bond acceptors (Lipinski definition) is 2. The van der Waals surface area contributed by atoms with Crippen LogP contribution in [0.4, 0.5) is 0 Å². The molecule has 0 aliphatic rings. The molecule has 2 N–H and O–H groups in total. The molecule has 0 saturated carbocycles. The van der Waals surface area contributed by atoms with E-state index in [4.69, 9.17) is 0 Å². The summed E-state index contributed by atoms with van der Waals surface area (Å²) in [5, 5.41) is 5.34. The van der Waals surface area contributed by atoms with Gasteiger partial charge in [0.2, 0.25) is 0 Å². The van der Waals surface area contributed by atoms with E-state index in [9.17, 15) is 9.59 Å². The molecule has 4 nitrogen and oxygen atoms in total. The highest BCUT2D eigenvalue weighted by Crippen LogP contribution is 2.10. The van der Waals surface area contributed by atoms with Crippen molar-refractivity contribution < 1.29 is 9.59 Å². The van der Waals surface area contributed by atoms with E-state index in [1.165, 1.54) is 12.8 Å². The maximum atomic E-state index is 11.5. The molecule has 4 heteroatoms. The van der Waals surface area contributed by atoms with Gasteiger partial charge >= 0.3 is 11.8 Å². The zero-order valence-corrected chi connectivity index (χ0v) is 12.1. The normalized spacial score (nSPS) is 11.9. The summed E-state index contributed by atoms with van der Waals surface area (Å²) >= 11 is 0. The smallest absolute Gasteiger partial charge is 0.309 e. The van der Waals surface area contributed by atoms with E-state index >= 15 is 0 Å². The quantitative estimate of drug-likeness (QED) is 0.491. The van der Waals surface area contributed by atoms with Crippen LogP contribution in [0.5, 0.6) is 0 Å². The third kappa shape index (κ3) is 8.09. The van der Waals surface area contributed by atoms with Gasteiger partial charge in [-0.1, -0.05) is 46.5 Å². The maximum Gasteiger partial charge on any atom is 0.309 e. The number of carbonyl (C=O) groups excluding carboxylic acids is 2. The maximum absolute atomic E-state index is 11.5. The molecule has 2 amide bonds. The Balaban J connectivity index is 3.81. The van der Waals surface area contributed by atoms with Crippen LogP contribution in [0.2, 0.25) is 0 Å². The molecular weight excluding hydrogens is 228 g/mol. The summed E-state index contributed by atoms with van der Waals surface area (Å²) in [4.78, 5) is 22.9. The first-order chi connectivity index (χ1) is 8.65. The molecule has 0 aliphatic heterocycles. The van der Waals surface area contributed by atoms with Crippen molar-refractivity contribution in [3.8, 4) is 0 Å². The molecular formula is C14H28N2O2. The molecule has 0 fully saturated rings. The fraction of sp³-hybridized carbons (Fsp3) is 0.857. The lowest BCUT2D eigenvalue weighted by Gasteiger charge is -2.15. The summed E-state index contributed by atoms with van der Waals surface area (Å²) in [6.07, 6.45) is 6.42. The minimum absolute atomic E-state index is 0.484. The number of rotatable bonds is 9. The average Bonchev–Trinajstić information content (AvgIpc) is 2.38. The highest BCUT2D eigenvalue weighted by atomic mass is 16.2. The van der Waals surface area contributed by atoms with Crippen molar-refractivity contribution in [3.63, 3.8) is 0 Å². The van der Waals surface area contributed by atoms with Crippen molar-refractivity contribution >= 4 is 11.8 Å². The standard InChI is InChI=1S/C14H28N2O2/c1-4-7-9-12(6-3)11-16-14(18)13(17)15-10-8-5-2/h12H,4-11H2,1-3H3,(H,15,17)(H,16,18)/t12-/m0/s1. The molecule has 0 radical (unpaired) electrons. The van der Waals surface area contributed by atoms with Gasteiger partial charge in [-0.3, -0.25) is 9.59 Å². The monoisotopic (exact) mass is 256 g/mol. The van der Waals surface area contributed by atoms with E-state index in [-0.39, 0.29) is 0 Å². The molecule has 0 spiro atoms. The molecule has 0 aromatic heterocycles. The molecule has 0 bridgehead atoms. The molecule has 1 atom stereocenters. The summed E-state index contributed by atoms with van der Waals surface area (Å²) in [6.45, 7) is 7.51. The van der Waals surface area contributed by atoms with Gasteiger partial charge in [0.25, 0.3) is 0 Å². The van der Waals surface area contributed by atoms with Crippen LogP contribution in [0.15, 0.2) is 0 Å². The van der Waals surface area contributed by atoms with Crippen LogP contribution in [-0.4, -0.2) is 24.9 Å². The molecule has 0 aliphatic carbocycles. The Kier molecular flexibility index (Phi) is 10.4. The van der Waals surface area contributed by atoms with Crippen molar-refractivity contribution in [3.05, 3.63) is 0 Å². The SMILES string of the molecule is CCCCNC(=O)C(=O)NC[C@@H](CC)CCCC. The van der Waals surface area contributed by atoms with Crippen LogP contribution < -0.4 is 10.6 Å². The lowest BCUT2D eigenvalue weighted by Crippen LogP contribution is -2.41. The number of amides is 2. The van der Waals surface area contributed by atoms with Gasteiger partial charge < -0.3 is 10.6 Å². The molecule has 0 rings (SSSR count). The third-order valence-corrected chi connectivity index (χ3v) is 3.12. The predicted molar refractivity (Wildman–Crippen MR) is 74.2 cm³/mol. The largest absolute Gasteiger partial charge is 0.348 e. The Morgan fingerprint density at radius 2 is 1.56 bits per heavy atom. The van der Waals surface area contributed by atoms with E-state index in [2.05, 4.69) is 24.5 Å². The predicted octanol–water partition coefficient (Wildman–Crippen LogP) is 2.24. The van der Waals surface area contributed by atoms with E-state index < -0.39 is 11.8 Å². The van der Waals surface area contributed by atoms with Gasteiger partial charge in [0, 0.05) is 13.1 Å². The molecule has 106 valence electrons. The van der Waals surface area contributed by atoms with Crippen molar-refractivity contribution in [2.75, 3.05) is 13.1 Å². The first-order valence-electron chi connectivity index (χ1n) is 7.21. The summed E-state index contributed by atoms with van der Waals surface area (Å²) < 4.78 is 0. The minimum atomic E-state index is -0.506. The second kappa shape index (κ2) is 11.1. The van der Waals surface area contributed by atoms with Crippen molar-refractivity contribution in [1.82, 2.24) is 10.6 Å². The zero-order valence-electron chi connectivity index (χ0n) is 12.1. The zero-order chi connectivity index (χ0) is 13.8. The average molecular weight is 256 g/mol. The first kappa shape index (κ1) is 16.9. The number of nitrogens with one attached hydrogen (secondary N) is 2. The van der Waals surface area contributed by atoms with E-state index in [1.54, 1.807) is 0 Å². The first-order valence-corrected chi connectivity index (χ1v) is 7.21. The number of unbranched alkanes of at least 4 members (excludes halogenated alkanes) is 2. The molecule has 0 aromatic rings. The van der Waals surface area contributed by atoms with Gasteiger partial charge in [0.15, 0.2) is 0 Å². The molecule has 18 heavy (non-hydrogen) atoms. The van der Waals surface area contributed by atoms with E-state index in [1.807, 2.05) is 6.92 Å². The van der Waals surface area contributed by atoms with Crippen LogP contribution in [0.3, 0.4) is 0 Å². The second-order valence-electron chi connectivity index (χ2n) is 4.74. The Morgan fingerprint density at radius 3 is 2.11 bits per heavy atom. The second-order valence-corrected chi connectivity index (χ2v) is 4.74. The summed E-state index contributed by atoms with van der Waals surface area (Å²) in [5.74, 6) is -0.521. The Bertz CT molecular complexity index is 242. The van der Waals surface area contributed by atoms with Crippen LogP contribution in [-0.2, 0) is 9.59 Å². The Morgan fingerprint density at radius 1 is 0.944 bits per heavy atom. The van der Waals surface area contributed by atoms with Gasteiger partial charge in [0.05, 0.1) is 0 Å². The van der Waals surface area contributed by atoms with Crippen LogP contribution in [0, 0.1) is 5.92 Å². The van der Waals surface area contributed by atoms with Crippen LogP contribution in [0.1, 0.15) is 59.3 Å². The lowest BCUT2D eigenvalue weighted by molar-refractivity contribution is -0.139. The summed E-state index contributed by atoms with van der Waals surface area (Å²) in [7, 11) is 0. The lowest BCUT2D eigenvalue weighted by atomic mass is 9.99. The topological polar surface area (TPSA) is 58.2 Å². The van der Waals surface area contributed by atoms with Crippen molar-refractivity contribution in [2.45, 2.75) is 59.3 Å². The van der Waals surface area contributed by atoms with Crippen molar-refractivity contribution in [1.29, 1.82) is 0 Å². The van der Waals surface area contributed by atoms with Gasteiger partial charge in [-0.15, -0.1) is 0 Å². The minimum Gasteiger partial charge on any atom is -0.348 e. The molecule has 0 aromatic carbocycles. The van der Waals surface area contributed by atoms with Crippen LogP contribution in [0.25, 0.3) is 0 Å². The van der Waals surface area contributed by atoms with Crippen LogP contribution >= 0.6 is 0 Å². The van der Waals surface area contributed by atoms with Crippen molar-refractivity contribution in [2.24, 2.45) is 5.92 Å². The van der Waals surface area contributed by atoms with E-state index in [0.29, 0.717) is 19.0 Å². The third-order valence-electron chi connectivity index (χ3n) is 3.12. The summed E-state index contributed by atoms with van der Waals surface area (Å²) in [6, 6.07) is 0. The van der Waals surface area contributed by atoms with E-state index in [0.717, 1.165) is 25.7 Å². The highest BCUT2D eigenvalue weighted by Gasteiger charge is 2.14. The van der Waals surface area contributed by atoms with Gasteiger partial charge in [-0.2, -0.15) is 0 Å². The molecule has 0 heterocycles. The number of hydrogen-bond donors (Lipinski definition) is 2. The fourth-order valence-corrected chi connectivity index (χ4v) is 1.72. The Hall–Kier alpha value is -1.06. The van der Waals surface area contributed by atoms with Gasteiger partial charge in [0.1, 0.15) is 0 Å².